The highest BCUT2D eigenvalue weighted by Gasteiger charge is 2.12. The number of esters is 1. The molecule has 17 heavy (non-hydrogen) atoms. The average molecular weight is 237 g/mol. The quantitative estimate of drug-likeness (QED) is 0.756. The number of carbonyl (C=O) groups is 1. The van der Waals surface area contributed by atoms with Crippen LogP contribution in [0.3, 0.4) is 0 Å². The van der Waals surface area contributed by atoms with Crippen LogP contribution in [0.1, 0.15) is 6.92 Å². The molecule has 7 nitrogen and oxygen atoms in total. The van der Waals surface area contributed by atoms with E-state index < -0.39 is 5.97 Å². The minimum absolute atomic E-state index is 0.152. The predicted octanol–water partition coefficient (Wildman–Crippen LogP) is 0.605. The molecule has 0 aliphatic heterocycles. The Morgan fingerprint density at radius 2 is 2.29 bits per heavy atom. The normalized spacial score (nSPS) is 10.4. The highest BCUT2D eigenvalue weighted by Crippen LogP contribution is 2.31. The highest BCUT2D eigenvalue weighted by atomic mass is 16.6. The smallest absolute Gasteiger partial charge is 0.344 e. The van der Waals surface area contributed by atoms with Gasteiger partial charge in [0.2, 0.25) is 0 Å². The maximum Gasteiger partial charge on any atom is 0.344 e. The first-order chi connectivity index (χ1) is 8.22. The molecular formula is C10H11N3O4. The second kappa shape index (κ2) is 4.69. The molecule has 0 fully saturated rings. The van der Waals surface area contributed by atoms with Gasteiger partial charge in [-0.25, -0.2) is 4.79 Å². The maximum atomic E-state index is 11.1. The molecule has 7 heteroatoms. The molecule has 0 aliphatic carbocycles. The maximum absolute atomic E-state index is 11.1. The summed E-state index contributed by atoms with van der Waals surface area (Å²) in [5.74, 6) is -0.479. The Labute approximate surface area is 96.3 Å². The van der Waals surface area contributed by atoms with Crippen LogP contribution in [0.2, 0.25) is 0 Å². The molecule has 90 valence electrons. The third-order valence-corrected chi connectivity index (χ3v) is 2.08. The van der Waals surface area contributed by atoms with Crippen LogP contribution in [0.25, 0.3) is 11.0 Å². The summed E-state index contributed by atoms with van der Waals surface area (Å²) in [5, 5.41) is 19.7. The van der Waals surface area contributed by atoms with E-state index in [1.807, 2.05) is 0 Å². The molecule has 0 saturated carbocycles. The third-order valence-electron chi connectivity index (χ3n) is 2.08. The summed E-state index contributed by atoms with van der Waals surface area (Å²) < 4.78 is 9.82. The zero-order valence-electron chi connectivity index (χ0n) is 9.14. The van der Waals surface area contributed by atoms with Crippen LogP contribution in [0.5, 0.6) is 11.5 Å². The first-order valence-electron chi connectivity index (χ1n) is 5.03. The van der Waals surface area contributed by atoms with Gasteiger partial charge in [-0.1, -0.05) is 0 Å². The van der Waals surface area contributed by atoms with Crippen molar-refractivity contribution in [2.24, 2.45) is 0 Å². The number of fused-ring (bicyclic) bond motifs is 1. The zero-order chi connectivity index (χ0) is 12.3. The number of hydrogen-bond acceptors (Lipinski definition) is 6. The summed E-state index contributed by atoms with van der Waals surface area (Å²) in [6.45, 7) is 1.73. The van der Waals surface area contributed by atoms with Crippen LogP contribution >= 0.6 is 0 Å². The molecule has 0 amide bonds. The Hall–Kier alpha value is -2.31. The number of phenolic OH excluding ortho intramolecular Hbond substituents is 1. The average Bonchev–Trinajstić information content (AvgIpc) is 2.77. The van der Waals surface area contributed by atoms with Gasteiger partial charge in [0.1, 0.15) is 5.52 Å². The first-order valence-corrected chi connectivity index (χ1v) is 5.03. The van der Waals surface area contributed by atoms with Gasteiger partial charge in [0.25, 0.3) is 0 Å². The van der Waals surface area contributed by atoms with Gasteiger partial charge in [-0.15, -0.1) is 0 Å². The van der Waals surface area contributed by atoms with Gasteiger partial charge in [-0.3, -0.25) is 0 Å². The summed E-state index contributed by atoms with van der Waals surface area (Å²) >= 11 is 0. The fourth-order valence-corrected chi connectivity index (χ4v) is 1.34. The van der Waals surface area contributed by atoms with Crippen molar-refractivity contribution >= 4 is 17.0 Å². The summed E-state index contributed by atoms with van der Waals surface area (Å²) in [7, 11) is 0. The number of benzene rings is 1. The molecule has 2 aromatic rings. The van der Waals surface area contributed by atoms with Crippen LogP contribution < -0.4 is 4.74 Å². The van der Waals surface area contributed by atoms with Gasteiger partial charge in [-0.2, -0.15) is 15.4 Å². The Morgan fingerprint density at radius 1 is 1.47 bits per heavy atom. The number of carbonyl (C=O) groups excluding carboxylic acids is 1. The minimum Gasteiger partial charge on any atom is -0.503 e. The largest absolute Gasteiger partial charge is 0.503 e. The predicted molar refractivity (Wildman–Crippen MR) is 57.7 cm³/mol. The van der Waals surface area contributed by atoms with Crippen molar-refractivity contribution in [1.82, 2.24) is 15.4 Å². The lowest BCUT2D eigenvalue weighted by atomic mass is 10.2. The van der Waals surface area contributed by atoms with E-state index >= 15 is 0 Å². The van der Waals surface area contributed by atoms with Crippen molar-refractivity contribution in [3.8, 4) is 11.5 Å². The summed E-state index contributed by atoms with van der Waals surface area (Å²) in [6.07, 6.45) is 0. The molecule has 1 aromatic heterocycles. The molecule has 0 radical (unpaired) electrons. The van der Waals surface area contributed by atoms with Crippen LogP contribution in [-0.4, -0.2) is 39.7 Å². The molecule has 0 spiro atoms. The number of aromatic amines is 1. The molecule has 0 atom stereocenters. The van der Waals surface area contributed by atoms with Crippen LogP contribution in [-0.2, 0) is 9.53 Å². The molecule has 1 heterocycles. The Balaban J connectivity index is 2.13. The zero-order valence-corrected chi connectivity index (χ0v) is 9.14. The van der Waals surface area contributed by atoms with Gasteiger partial charge in [0.15, 0.2) is 23.6 Å². The fraction of sp³-hybridized carbons (Fsp3) is 0.300. The van der Waals surface area contributed by atoms with Crippen molar-refractivity contribution in [3.05, 3.63) is 12.1 Å². The topological polar surface area (TPSA) is 97.3 Å². The SMILES string of the molecule is CCOC(=O)COc1ccc2n[nH]nc2c1O. The Kier molecular flexibility index (Phi) is 3.08. The number of nitrogens with one attached hydrogen (secondary N) is 1. The standard InChI is InChI=1S/C10H11N3O4/c1-2-16-8(14)5-17-7-4-3-6-9(10(7)15)12-13-11-6/h3-4,15H,2,5H2,1H3,(H,11,12,13). The number of nitrogens with zero attached hydrogens (tertiary/aromatic N) is 2. The Morgan fingerprint density at radius 3 is 3.06 bits per heavy atom. The first kappa shape index (κ1) is 11.2. The van der Waals surface area contributed by atoms with Gasteiger partial charge in [0.05, 0.1) is 6.61 Å². The molecule has 0 aliphatic rings. The van der Waals surface area contributed by atoms with Gasteiger partial charge in [-0.05, 0) is 19.1 Å². The lowest BCUT2D eigenvalue weighted by Crippen LogP contribution is -2.14. The summed E-state index contributed by atoms with van der Waals surface area (Å²) in [5.41, 5.74) is 0.817. The number of aromatic nitrogens is 3. The molecule has 0 unspecified atom stereocenters. The van der Waals surface area contributed by atoms with E-state index in [1.54, 1.807) is 13.0 Å². The molecular weight excluding hydrogens is 226 g/mol. The Bertz CT molecular complexity index is 537. The molecule has 2 N–H and O–H groups in total. The lowest BCUT2D eigenvalue weighted by molar-refractivity contribution is -0.145. The van der Waals surface area contributed by atoms with Gasteiger partial charge < -0.3 is 14.6 Å². The number of rotatable bonds is 4. The van der Waals surface area contributed by atoms with Gasteiger partial charge >= 0.3 is 5.97 Å². The van der Waals surface area contributed by atoms with Crippen LogP contribution in [0.4, 0.5) is 0 Å². The van der Waals surface area contributed by atoms with E-state index in [-0.39, 0.29) is 24.7 Å². The number of ether oxygens (including phenoxy) is 2. The molecule has 2 rings (SSSR count). The summed E-state index contributed by atoms with van der Waals surface area (Å²) in [4.78, 5) is 11.1. The fourth-order valence-electron chi connectivity index (χ4n) is 1.34. The second-order valence-electron chi connectivity index (χ2n) is 3.20. The van der Waals surface area contributed by atoms with E-state index in [1.165, 1.54) is 6.07 Å². The lowest BCUT2D eigenvalue weighted by Gasteiger charge is -2.07. The third kappa shape index (κ3) is 2.27. The molecule has 0 saturated heterocycles. The molecule has 0 bridgehead atoms. The van der Waals surface area contributed by atoms with Crippen molar-refractivity contribution in [1.29, 1.82) is 0 Å². The number of H-pyrrole nitrogens is 1. The number of phenols is 1. The highest BCUT2D eigenvalue weighted by molar-refractivity contribution is 5.83. The summed E-state index contributed by atoms with van der Waals surface area (Å²) in [6, 6.07) is 3.14. The van der Waals surface area contributed by atoms with E-state index in [2.05, 4.69) is 15.4 Å². The van der Waals surface area contributed by atoms with E-state index in [0.29, 0.717) is 11.0 Å². The van der Waals surface area contributed by atoms with E-state index in [9.17, 15) is 9.90 Å². The van der Waals surface area contributed by atoms with Crippen molar-refractivity contribution in [2.45, 2.75) is 6.92 Å². The van der Waals surface area contributed by atoms with Crippen molar-refractivity contribution < 1.29 is 19.4 Å². The number of aromatic hydroxyl groups is 1. The van der Waals surface area contributed by atoms with Crippen molar-refractivity contribution in [3.63, 3.8) is 0 Å². The van der Waals surface area contributed by atoms with Crippen LogP contribution in [0.15, 0.2) is 12.1 Å². The molecule has 1 aromatic carbocycles. The van der Waals surface area contributed by atoms with Gasteiger partial charge in [0, 0.05) is 0 Å². The van der Waals surface area contributed by atoms with Crippen LogP contribution in [0, 0.1) is 0 Å². The van der Waals surface area contributed by atoms with E-state index in [4.69, 9.17) is 9.47 Å². The monoisotopic (exact) mass is 237 g/mol. The second-order valence-corrected chi connectivity index (χ2v) is 3.20. The minimum atomic E-state index is -0.493. The number of hydrogen-bond donors (Lipinski definition) is 2. The van der Waals surface area contributed by atoms with Crippen molar-refractivity contribution in [2.75, 3.05) is 13.2 Å². The van der Waals surface area contributed by atoms with E-state index in [0.717, 1.165) is 0 Å².